The summed E-state index contributed by atoms with van der Waals surface area (Å²) in [5.74, 6) is -0.911. The summed E-state index contributed by atoms with van der Waals surface area (Å²) in [6, 6.07) is 4.56. The number of carbonyl (C=O) groups excluding carboxylic acids is 1. The Balaban J connectivity index is 3.17. The molecule has 1 aromatic carbocycles. The van der Waals surface area contributed by atoms with Crippen molar-refractivity contribution in [3.05, 3.63) is 23.8 Å². The van der Waals surface area contributed by atoms with Gasteiger partial charge in [-0.3, -0.25) is 4.79 Å². The first-order valence-corrected chi connectivity index (χ1v) is 5.21. The van der Waals surface area contributed by atoms with Crippen molar-refractivity contribution >= 4 is 17.6 Å². The molecule has 0 aromatic heterocycles. The molecule has 0 fully saturated rings. The van der Waals surface area contributed by atoms with E-state index < -0.39 is 5.97 Å². The Morgan fingerprint density at radius 2 is 2.06 bits per heavy atom. The number of benzene rings is 1. The Hall–Kier alpha value is -2.04. The molecule has 5 heteroatoms. The molecule has 0 bridgehead atoms. The van der Waals surface area contributed by atoms with E-state index >= 15 is 0 Å². The number of carboxylic acids is 1. The molecule has 1 aromatic rings. The summed E-state index contributed by atoms with van der Waals surface area (Å²) in [4.78, 5) is 23.6. The van der Waals surface area contributed by atoms with Gasteiger partial charge in [0.2, 0.25) is 5.91 Å². The number of nitrogens with zero attached hydrogens (tertiary/aromatic N) is 1. The highest BCUT2D eigenvalue weighted by Crippen LogP contribution is 2.25. The van der Waals surface area contributed by atoms with Gasteiger partial charge >= 0.3 is 5.97 Å². The van der Waals surface area contributed by atoms with Gasteiger partial charge in [-0.25, -0.2) is 4.79 Å². The van der Waals surface area contributed by atoms with Gasteiger partial charge in [0.25, 0.3) is 0 Å². The minimum Gasteiger partial charge on any atom is -0.493 e. The van der Waals surface area contributed by atoms with Crippen molar-refractivity contribution in [2.45, 2.75) is 13.8 Å². The van der Waals surface area contributed by atoms with Crippen LogP contribution in [0, 0.1) is 0 Å². The maximum absolute atomic E-state index is 11.2. The van der Waals surface area contributed by atoms with Crippen LogP contribution in [0.25, 0.3) is 0 Å². The number of carbonyl (C=O) groups is 2. The molecule has 0 spiro atoms. The predicted octanol–water partition coefficient (Wildman–Crippen LogP) is 1.77. The molecule has 1 N–H and O–H groups in total. The Morgan fingerprint density at radius 3 is 2.53 bits per heavy atom. The summed E-state index contributed by atoms with van der Waals surface area (Å²) >= 11 is 0. The number of hydrogen-bond donors (Lipinski definition) is 1. The summed E-state index contributed by atoms with van der Waals surface area (Å²) in [7, 11) is 1.62. The van der Waals surface area contributed by atoms with Gasteiger partial charge < -0.3 is 14.7 Å². The van der Waals surface area contributed by atoms with E-state index in [4.69, 9.17) is 9.84 Å². The molecule has 0 radical (unpaired) electrons. The smallest absolute Gasteiger partial charge is 0.339 e. The van der Waals surface area contributed by atoms with Gasteiger partial charge in [0.05, 0.1) is 6.61 Å². The summed E-state index contributed by atoms with van der Waals surface area (Å²) in [5.41, 5.74) is 0.693. The number of hydrogen-bond acceptors (Lipinski definition) is 3. The van der Waals surface area contributed by atoms with Crippen LogP contribution in [-0.4, -0.2) is 30.6 Å². The molecule has 0 unspecified atom stereocenters. The second kappa shape index (κ2) is 5.34. The fraction of sp³-hybridized carbons (Fsp3) is 0.333. The van der Waals surface area contributed by atoms with Gasteiger partial charge in [-0.05, 0) is 19.1 Å². The van der Waals surface area contributed by atoms with Crippen LogP contribution in [-0.2, 0) is 4.79 Å². The van der Waals surface area contributed by atoms with Crippen molar-refractivity contribution < 1.29 is 19.4 Å². The number of rotatable bonds is 4. The third kappa shape index (κ3) is 2.96. The van der Waals surface area contributed by atoms with Gasteiger partial charge in [-0.2, -0.15) is 0 Å². The van der Waals surface area contributed by atoms with E-state index in [1.54, 1.807) is 26.1 Å². The fourth-order valence-electron chi connectivity index (χ4n) is 1.35. The molecular formula is C12H15NO4. The van der Waals surface area contributed by atoms with Crippen molar-refractivity contribution in [1.82, 2.24) is 0 Å². The van der Waals surface area contributed by atoms with E-state index in [1.165, 1.54) is 17.9 Å². The Kier molecular flexibility index (Phi) is 4.09. The van der Waals surface area contributed by atoms with Crippen molar-refractivity contribution in [2.75, 3.05) is 18.6 Å². The number of aromatic carboxylic acids is 1. The second-order valence-corrected chi connectivity index (χ2v) is 3.50. The molecule has 0 saturated carbocycles. The average molecular weight is 237 g/mol. The first-order chi connectivity index (χ1) is 7.97. The molecule has 0 aliphatic heterocycles. The summed E-state index contributed by atoms with van der Waals surface area (Å²) < 4.78 is 5.25. The minimum atomic E-state index is -1.05. The predicted molar refractivity (Wildman–Crippen MR) is 63.7 cm³/mol. The number of anilines is 1. The maximum atomic E-state index is 11.2. The first-order valence-electron chi connectivity index (χ1n) is 5.21. The Bertz CT molecular complexity index is 442. The third-order valence-corrected chi connectivity index (χ3v) is 2.36. The van der Waals surface area contributed by atoms with Crippen LogP contribution in [0.15, 0.2) is 18.2 Å². The molecule has 0 heterocycles. The molecule has 92 valence electrons. The molecule has 17 heavy (non-hydrogen) atoms. The van der Waals surface area contributed by atoms with E-state index in [0.717, 1.165) is 0 Å². The van der Waals surface area contributed by atoms with Gasteiger partial charge in [-0.15, -0.1) is 0 Å². The van der Waals surface area contributed by atoms with E-state index in [0.29, 0.717) is 12.3 Å². The molecule has 1 rings (SSSR count). The molecule has 1 amide bonds. The van der Waals surface area contributed by atoms with E-state index in [9.17, 15) is 9.59 Å². The largest absolute Gasteiger partial charge is 0.493 e. The molecule has 0 aliphatic carbocycles. The van der Waals surface area contributed by atoms with Crippen LogP contribution >= 0.6 is 0 Å². The Morgan fingerprint density at radius 1 is 1.41 bits per heavy atom. The summed E-state index contributed by atoms with van der Waals surface area (Å²) in [5, 5.41) is 8.97. The molecule has 0 atom stereocenters. The summed E-state index contributed by atoms with van der Waals surface area (Å²) in [6.07, 6.45) is 0. The monoisotopic (exact) mass is 237 g/mol. The van der Waals surface area contributed by atoms with Crippen molar-refractivity contribution in [2.24, 2.45) is 0 Å². The van der Waals surface area contributed by atoms with E-state index in [1.807, 2.05) is 0 Å². The normalized spacial score (nSPS) is 9.82. The number of amides is 1. The maximum Gasteiger partial charge on any atom is 0.339 e. The molecule has 5 nitrogen and oxygen atoms in total. The lowest BCUT2D eigenvalue weighted by atomic mass is 10.1. The van der Waals surface area contributed by atoms with Crippen molar-refractivity contribution in [1.29, 1.82) is 0 Å². The highest BCUT2D eigenvalue weighted by molar-refractivity contribution is 5.94. The lowest BCUT2D eigenvalue weighted by Crippen LogP contribution is -2.23. The third-order valence-electron chi connectivity index (χ3n) is 2.36. The summed E-state index contributed by atoms with van der Waals surface area (Å²) in [6.45, 7) is 3.58. The molecule has 0 aliphatic rings. The van der Waals surface area contributed by atoms with Crippen molar-refractivity contribution in [3.8, 4) is 5.75 Å². The zero-order valence-electron chi connectivity index (χ0n) is 10.1. The quantitative estimate of drug-likeness (QED) is 0.866. The second-order valence-electron chi connectivity index (χ2n) is 3.50. The van der Waals surface area contributed by atoms with E-state index in [-0.39, 0.29) is 17.2 Å². The van der Waals surface area contributed by atoms with Crippen LogP contribution in [0.2, 0.25) is 0 Å². The Labute approximate surface area is 99.6 Å². The standard InChI is InChI=1S/C12H15NO4/c1-4-17-11-7-9(13(3)8(2)14)5-6-10(11)12(15)16/h5-7H,4H2,1-3H3,(H,15,16). The lowest BCUT2D eigenvalue weighted by molar-refractivity contribution is -0.116. The fourth-order valence-corrected chi connectivity index (χ4v) is 1.35. The highest BCUT2D eigenvalue weighted by atomic mass is 16.5. The van der Waals surface area contributed by atoms with Crippen LogP contribution < -0.4 is 9.64 Å². The SMILES string of the molecule is CCOc1cc(N(C)C(C)=O)ccc1C(=O)O. The molecule has 0 saturated heterocycles. The lowest BCUT2D eigenvalue weighted by Gasteiger charge is -2.17. The van der Waals surface area contributed by atoms with Gasteiger partial charge in [0, 0.05) is 25.7 Å². The van der Waals surface area contributed by atoms with Crippen LogP contribution in [0.3, 0.4) is 0 Å². The zero-order chi connectivity index (χ0) is 13.0. The van der Waals surface area contributed by atoms with Crippen LogP contribution in [0.5, 0.6) is 5.75 Å². The van der Waals surface area contributed by atoms with Crippen molar-refractivity contribution in [3.63, 3.8) is 0 Å². The zero-order valence-corrected chi connectivity index (χ0v) is 10.1. The minimum absolute atomic E-state index is 0.0903. The molecular weight excluding hydrogens is 222 g/mol. The highest BCUT2D eigenvalue weighted by Gasteiger charge is 2.14. The first kappa shape index (κ1) is 13.0. The van der Waals surface area contributed by atoms with Gasteiger partial charge in [0.15, 0.2) is 0 Å². The van der Waals surface area contributed by atoms with E-state index in [2.05, 4.69) is 0 Å². The van der Waals surface area contributed by atoms with Crippen LogP contribution in [0.4, 0.5) is 5.69 Å². The average Bonchev–Trinajstić information content (AvgIpc) is 2.27. The topological polar surface area (TPSA) is 66.8 Å². The van der Waals surface area contributed by atoms with Gasteiger partial charge in [0.1, 0.15) is 11.3 Å². The number of ether oxygens (including phenoxy) is 1. The van der Waals surface area contributed by atoms with Gasteiger partial charge in [-0.1, -0.05) is 0 Å². The number of carboxylic acid groups (broad SMARTS) is 1. The van der Waals surface area contributed by atoms with Crippen LogP contribution in [0.1, 0.15) is 24.2 Å².